The third-order valence-electron chi connectivity index (χ3n) is 3.97. The van der Waals surface area contributed by atoms with Crippen LogP contribution in [0.5, 0.6) is 0 Å². The lowest BCUT2D eigenvalue weighted by Gasteiger charge is -2.13. The van der Waals surface area contributed by atoms with Gasteiger partial charge in [0.05, 0.1) is 6.61 Å². The van der Waals surface area contributed by atoms with Crippen LogP contribution in [0.25, 0.3) is 11.0 Å². The molecule has 1 aromatic heterocycles. The Balaban J connectivity index is 1.68. The number of ether oxygens (including phenoxy) is 2. The zero-order valence-corrected chi connectivity index (χ0v) is 14.5. The molecule has 8 heteroatoms. The molecule has 138 valence electrons. The number of fused-ring (bicyclic) bond motifs is 1. The number of imide groups is 1. The Morgan fingerprint density at radius 1 is 1.27 bits per heavy atom. The van der Waals surface area contributed by atoms with Gasteiger partial charge >= 0.3 is 12.0 Å². The zero-order valence-electron chi connectivity index (χ0n) is 14.5. The van der Waals surface area contributed by atoms with Crippen molar-refractivity contribution in [1.29, 1.82) is 0 Å². The molecule has 26 heavy (non-hydrogen) atoms. The maximum atomic E-state index is 12.4. The number of esters is 1. The summed E-state index contributed by atoms with van der Waals surface area (Å²) in [5.41, 5.74) is 1.07. The third kappa shape index (κ3) is 4.02. The van der Waals surface area contributed by atoms with Crippen LogP contribution in [-0.2, 0) is 20.9 Å². The van der Waals surface area contributed by atoms with Crippen LogP contribution in [0.15, 0.2) is 28.7 Å². The van der Waals surface area contributed by atoms with Gasteiger partial charge in [0.2, 0.25) is 5.76 Å². The fraction of sp³-hybridized carbons (Fsp3) is 0.389. The van der Waals surface area contributed by atoms with Gasteiger partial charge in [-0.2, -0.15) is 0 Å². The quantitative estimate of drug-likeness (QED) is 0.764. The summed E-state index contributed by atoms with van der Waals surface area (Å²) < 4.78 is 15.9. The molecule has 2 aromatic rings. The Hall–Kier alpha value is -2.87. The first-order chi connectivity index (χ1) is 12.5. The van der Waals surface area contributed by atoms with Crippen LogP contribution >= 0.6 is 0 Å². The summed E-state index contributed by atoms with van der Waals surface area (Å²) in [5.74, 6) is -1.52. The first-order valence-electron chi connectivity index (χ1n) is 8.31. The molecule has 0 spiro atoms. The number of benzene rings is 1. The number of hydrogen-bond donors (Lipinski definition) is 2. The van der Waals surface area contributed by atoms with E-state index in [1.165, 1.54) is 14.0 Å². The maximum Gasteiger partial charge on any atom is 0.375 e. The zero-order chi connectivity index (χ0) is 18.7. The van der Waals surface area contributed by atoms with Gasteiger partial charge in [0.1, 0.15) is 5.58 Å². The third-order valence-corrected chi connectivity index (χ3v) is 3.97. The average molecular weight is 360 g/mol. The van der Waals surface area contributed by atoms with E-state index < -0.39 is 24.0 Å². The van der Waals surface area contributed by atoms with E-state index in [2.05, 4.69) is 10.6 Å². The SMILES string of the molecule is COCc1c(C(=O)OC(C)C(=O)NC(=O)NC2CC2)oc2ccccc12. The number of rotatable bonds is 6. The number of amides is 3. The van der Waals surface area contributed by atoms with Crippen LogP contribution in [0, 0.1) is 0 Å². The molecule has 1 saturated carbocycles. The molecule has 0 radical (unpaired) electrons. The number of para-hydroxylation sites is 1. The van der Waals surface area contributed by atoms with Gasteiger partial charge in [0.25, 0.3) is 5.91 Å². The van der Waals surface area contributed by atoms with Crippen molar-refractivity contribution in [2.75, 3.05) is 7.11 Å². The monoisotopic (exact) mass is 360 g/mol. The van der Waals surface area contributed by atoms with E-state index in [0.29, 0.717) is 11.1 Å². The molecule has 0 bridgehead atoms. The summed E-state index contributed by atoms with van der Waals surface area (Å²) in [6, 6.07) is 6.66. The van der Waals surface area contributed by atoms with Crippen molar-refractivity contribution in [3.05, 3.63) is 35.6 Å². The Labute approximate surface area is 149 Å². The van der Waals surface area contributed by atoms with Crippen LogP contribution in [0.2, 0.25) is 0 Å². The van der Waals surface area contributed by atoms with Crippen molar-refractivity contribution in [1.82, 2.24) is 10.6 Å². The lowest BCUT2D eigenvalue weighted by atomic mass is 10.1. The molecular formula is C18H20N2O6. The number of nitrogens with one attached hydrogen (secondary N) is 2. The van der Waals surface area contributed by atoms with Crippen molar-refractivity contribution in [2.24, 2.45) is 0 Å². The van der Waals surface area contributed by atoms with E-state index in [9.17, 15) is 14.4 Å². The van der Waals surface area contributed by atoms with Gasteiger partial charge in [-0.25, -0.2) is 9.59 Å². The second-order valence-corrected chi connectivity index (χ2v) is 6.12. The normalized spacial score (nSPS) is 14.7. The summed E-state index contributed by atoms with van der Waals surface area (Å²) in [7, 11) is 1.51. The lowest BCUT2D eigenvalue weighted by Crippen LogP contribution is -2.45. The van der Waals surface area contributed by atoms with Crippen molar-refractivity contribution in [3.8, 4) is 0 Å². The highest BCUT2D eigenvalue weighted by Crippen LogP contribution is 2.27. The smallest absolute Gasteiger partial charge is 0.375 e. The van der Waals surface area contributed by atoms with Gasteiger partial charge in [0, 0.05) is 24.1 Å². The van der Waals surface area contributed by atoms with Gasteiger partial charge in [-0.3, -0.25) is 10.1 Å². The average Bonchev–Trinajstić information content (AvgIpc) is 3.34. The topological polar surface area (TPSA) is 107 Å². The van der Waals surface area contributed by atoms with E-state index in [4.69, 9.17) is 13.9 Å². The molecule has 1 aliphatic rings. The number of hydrogen-bond acceptors (Lipinski definition) is 6. The minimum absolute atomic E-state index is 0.0184. The van der Waals surface area contributed by atoms with E-state index >= 15 is 0 Å². The van der Waals surface area contributed by atoms with Crippen molar-refractivity contribution >= 4 is 28.9 Å². The number of carbonyl (C=O) groups is 3. The van der Waals surface area contributed by atoms with Crippen LogP contribution in [0.1, 0.15) is 35.9 Å². The highest BCUT2D eigenvalue weighted by Gasteiger charge is 2.28. The Morgan fingerprint density at radius 2 is 2.00 bits per heavy atom. The second kappa shape index (κ2) is 7.57. The highest BCUT2D eigenvalue weighted by molar-refractivity contribution is 6.00. The molecule has 1 aromatic carbocycles. The van der Waals surface area contributed by atoms with Gasteiger partial charge in [0.15, 0.2) is 6.10 Å². The van der Waals surface area contributed by atoms with Crippen LogP contribution in [0.4, 0.5) is 4.79 Å². The minimum Gasteiger partial charge on any atom is -0.449 e. The molecule has 3 rings (SSSR count). The molecule has 0 aliphatic heterocycles. The number of furan rings is 1. The summed E-state index contributed by atoms with van der Waals surface area (Å²) in [6.45, 7) is 1.54. The highest BCUT2D eigenvalue weighted by atomic mass is 16.6. The Bertz CT molecular complexity index is 839. The molecule has 1 atom stereocenters. The molecule has 1 aliphatic carbocycles. The minimum atomic E-state index is -1.16. The summed E-state index contributed by atoms with van der Waals surface area (Å²) in [4.78, 5) is 36.0. The van der Waals surface area contributed by atoms with E-state index in [1.807, 2.05) is 12.1 Å². The van der Waals surface area contributed by atoms with Crippen molar-refractivity contribution in [2.45, 2.75) is 38.5 Å². The van der Waals surface area contributed by atoms with Gasteiger partial charge in [-0.15, -0.1) is 0 Å². The van der Waals surface area contributed by atoms with E-state index in [1.54, 1.807) is 12.1 Å². The van der Waals surface area contributed by atoms with Crippen molar-refractivity contribution < 1.29 is 28.3 Å². The standard InChI is InChI=1S/C18H20N2O6/c1-10(16(21)20-18(23)19-11-7-8-11)25-17(22)15-13(9-24-2)12-5-3-4-6-14(12)26-15/h3-6,10-11H,7-9H2,1-2H3,(H2,19,20,21,23). The van der Waals surface area contributed by atoms with E-state index in [-0.39, 0.29) is 18.4 Å². The van der Waals surface area contributed by atoms with Crippen LogP contribution < -0.4 is 10.6 Å². The van der Waals surface area contributed by atoms with Gasteiger partial charge in [-0.05, 0) is 25.8 Å². The molecular weight excluding hydrogens is 340 g/mol. The molecule has 1 heterocycles. The fourth-order valence-electron chi connectivity index (χ4n) is 2.48. The number of methoxy groups -OCH3 is 1. The molecule has 3 amide bonds. The maximum absolute atomic E-state index is 12.4. The van der Waals surface area contributed by atoms with Crippen molar-refractivity contribution in [3.63, 3.8) is 0 Å². The molecule has 1 fully saturated rings. The van der Waals surface area contributed by atoms with Crippen LogP contribution in [0.3, 0.4) is 0 Å². The number of urea groups is 1. The Kier molecular flexibility index (Phi) is 5.22. The fourth-order valence-corrected chi connectivity index (χ4v) is 2.48. The summed E-state index contributed by atoms with van der Waals surface area (Å²) in [6.07, 6.45) is 0.650. The first kappa shape index (κ1) is 17.9. The summed E-state index contributed by atoms with van der Waals surface area (Å²) in [5, 5.41) is 5.51. The molecule has 0 saturated heterocycles. The predicted octanol–water partition coefficient (Wildman–Crippen LogP) is 2.11. The first-order valence-corrected chi connectivity index (χ1v) is 8.31. The second-order valence-electron chi connectivity index (χ2n) is 6.12. The molecule has 2 N–H and O–H groups in total. The number of carbonyl (C=O) groups excluding carboxylic acids is 3. The predicted molar refractivity (Wildman–Crippen MR) is 91.5 cm³/mol. The lowest BCUT2D eigenvalue weighted by molar-refractivity contribution is -0.128. The largest absolute Gasteiger partial charge is 0.449 e. The van der Waals surface area contributed by atoms with Gasteiger partial charge in [-0.1, -0.05) is 18.2 Å². The van der Waals surface area contributed by atoms with E-state index in [0.717, 1.165) is 18.2 Å². The molecule has 1 unspecified atom stereocenters. The Morgan fingerprint density at radius 3 is 2.69 bits per heavy atom. The van der Waals surface area contributed by atoms with Crippen LogP contribution in [-0.4, -0.2) is 37.2 Å². The molecule has 8 nitrogen and oxygen atoms in total. The van der Waals surface area contributed by atoms with Gasteiger partial charge < -0.3 is 19.2 Å². The summed E-state index contributed by atoms with van der Waals surface area (Å²) >= 11 is 0.